The minimum absolute atomic E-state index is 0.0487. The van der Waals surface area contributed by atoms with Crippen molar-refractivity contribution in [2.75, 3.05) is 11.5 Å². The summed E-state index contributed by atoms with van der Waals surface area (Å²) in [6.07, 6.45) is 0.340. The predicted molar refractivity (Wildman–Crippen MR) is 73.3 cm³/mol. The maximum Gasteiger partial charge on any atom is 0.241 e. The van der Waals surface area contributed by atoms with Crippen molar-refractivity contribution in [1.29, 1.82) is 0 Å². The van der Waals surface area contributed by atoms with E-state index in [2.05, 4.69) is 4.72 Å². The van der Waals surface area contributed by atoms with Crippen molar-refractivity contribution >= 4 is 19.9 Å². The molecule has 0 bridgehead atoms. The smallest absolute Gasteiger partial charge is 0.229 e. The van der Waals surface area contributed by atoms with Gasteiger partial charge in [0.2, 0.25) is 10.0 Å². The predicted octanol–water partition coefficient (Wildman–Crippen LogP) is 0.769. The molecule has 0 aliphatic carbocycles. The zero-order valence-electron chi connectivity index (χ0n) is 10.9. The van der Waals surface area contributed by atoms with Crippen molar-refractivity contribution in [2.45, 2.75) is 31.2 Å². The summed E-state index contributed by atoms with van der Waals surface area (Å²) in [5.41, 5.74) is 1.65. The van der Waals surface area contributed by atoms with E-state index in [0.717, 1.165) is 5.56 Å². The molecule has 5 nitrogen and oxygen atoms in total. The first-order chi connectivity index (χ1) is 8.70. The molecule has 1 fully saturated rings. The van der Waals surface area contributed by atoms with Gasteiger partial charge in [0.25, 0.3) is 0 Å². The summed E-state index contributed by atoms with van der Waals surface area (Å²) in [6, 6.07) is 4.55. The van der Waals surface area contributed by atoms with Crippen LogP contribution < -0.4 is 4.72 Å². The lowest BCUT2D eigenvalue weighted by molar-refractivity contribution is 0.562. The van der Waals surface area contributed by atoms with Crippen LogP contribution in [0.25, 0.3) is 0 Å². The second kappa shape index (κ2) is 4.88. The van der Waals surface area contributed by atoms with Crippen molar-refractivity contribution in [3.8, 4) is 0 Å². The molecule has 1 aromatic rings. The lowest BCUT2D eigenvalue weighted by atomic mass is 10.2. The van der Waals surface area contributed by atoms with Crippen LogP contribution in [0, 0.1) is 13.8 Å². The molecule has 0 saturated carbocycles. The number of sulfone groups is 1. The van der Waals surface area contributed by atoms with Gasteiger partial charge in [0.05, 0.1) is 16.4 Å². The molecule has 1 saturated heterocycles. The van der Waals surface area contributed by atoms with Gasteiger partial charge in [-0.15, -0.1) is 0 Å². The fraction of sp³-hybridized carbons (Fsp3) is 0.500. The molecular formula is C12H17NO4S2. The van der Waals surface area contributed by atoms with Gasteiger partial charge < -0.3 is 0 Å². The molecule has 1 heterocycles. The van der Waals surface area contributed by atoms with Crippen LogP contribution >= 0.6 is 0 Å². The van der Waals surface area contributed by atoms with E-state index in [1.165, 1.54) is 0 Å². The molecule has 1 N–H and O–H groups in total. The first-order valence-corrected chi connectivity index (χ1v) is 9.30. The molecular weight excluding hydrogens is 286 g/mol. The van der Waals surface area contributed by atoms with Crippen LogP contribution in [0.15, 0.2) is 23.1 Å². The highest BCUT2D eigenvalue weighted by molar-refractivity contribution is 7.92. The number of hydrogen-bond donors (Lipinski definition) is 1. The minimum Gasteiger partial charge on any atom is -0.229 e. The summed E-state index contributed by atoms with van der Waals surface area (Å²) in [6.45, 7) is 3.62. The van der Waals surface area contributed by atoms with Gasteiger partial charge in [0.15, 0.2) is 9.84 Å². The third kappa shape index (κ3) is 3.34. The Balaban J connectivity index is 2.24. The largest absolute Gasteiger partial charge is 0.241 e. The summed E-state index contributed by atoms with van der Waals surface area (Å²) in [4.78, 5) is 0.211. The van der Waals surface area contributed by atoms with E-state index in [9.17, 15) is 16.8 Å². The average Bonchev–Trinajstić information content (AvgIpc) is 2.56. The van der Waals surface area contributed by atoms with Crippen molar-refractivity contribution in [1.82, 2.24) is 4.72 Å². The van der Waals surface area contributed by atoms with Gasteiger partial charge in [-0.3, -0.25) is 0 Å². The topological polar surface area (TPSA) is 80.3 Å². The molecule has 0 radical (unpaired) electrons. The maximum atomic E-state index is 12.2. The zero-order chi connectivity index (χ0) is 14.3. The Kier molecular flexibility index (Phi) is 3.72. The molecule has 0 unspecified atom stereocenters. The average molecular weight is 303 g/mol. The molecule has 1 atom stereocenters. The van der Waals surface area contributed by atoms with Gasteiger partial charge in [0.1, 0.15) is 0 Å². The standard InChI is InChI=1S/C12H17NO4S2/c1-9-3-4-12(10(2)7-9)19(16,17)13-11-5-6-18(14,15)8-11/h3-4,7,11,13H,5-6,8H2,1-2H3/t11-/m0/s1. The lowest BCUT2D eigenvalue weighted by Crippen LogP contribution is -2.35. The molecule has 2 rings (SSSR count). The van der Waals surface area contributed by atoms with Crippen LogP contribution in [0.2, 0.25) is 0 Å². The molecule has 106 valence electrons. The molecule has 0 spiro atoms. The van der Waals surface area contributed by atoms with Crippen molar-refractivity contribution in [2.24, 2.45) is 0 Å². The first kappa shape index (κ1) is 14.5. The number of nitrogens with one attached hydrogen (secondary N) is 1. The Labute approximate surface area is 114 Å². The van der Waals surface area contributed by atoms with Crippen molar-refractivity contribution in [3.05, 3.63) is 29.3 Å². The van der Waals surface area contributed by atoms with E-state index in [1.54, 1.807) is 25.1 Å². The summed E-state index contributed by atoms with van der Waals surface area (Å²) in [5, 5.41) is 0. The number of rotatable bonds is 3. The van der Waals surface area contributed by atoms with Crippen LogP contribution in [-0.2, 0) is 19.9 Å². The van der Waals surface area contributed by atoms with Gasteiger partial charge in [-0.2, -0.15) is 0 Å². The van der Waals surface area contributed by atoms with Crippen molar-refractivity contribution < 1.29 is 16.8 Å². The van der Waals surface area contributed by atoms with Gasteiger partial charge in [0, 0.05) is 6.04 Å². The van der Waals surface area contributed by atoms with Gasteiger partial charge >= 0.3 is 0 Å². The fourth-order valence-corrected chi connectivity index (χ4v) is 5.55. The minimum atomic E-state index is -3.66. The second-order valence-corrected chi connectivity index (χ2v) is 8.90. The van der Waals surface area contributed by atoms with Crippen LogP contribution in [0.1, 0.15) is 17.5 Å². The Hall–Kier alpha value is -0.920. The highest BCUT2D eigenvalue weighted by Gasteiger charge is 2.31. The van der Waals surface area contributed by atoms with Crippen LogP contribution in [0.3, 0.4) is 0 Å². The van der Waals surface area contributed by atoms with Gasteiger partial charge in [-0.1, -0.05) is 17.7 Å². The van der Waals surface area contributed by atoms with Crippen LogP contribution in [0.4, 0.5) is 0 Å². The summed E-state index contributed by atoms with van der Waals surface area (Å²) < 4.78 is 49.6. The zero-order valence-corrected chi connectivity index (χ0v) is 12.5. The van der Waals surface area contributed by atoms with Gasteiger partial charge in [-0.25, -0.2) is 21.6 Å². The molecule has 19 heavy (non-hydrogen) atoms. The fourth-order valence-electron chi connectivity index (χ4n) is 2.27. The highest BCUT2D eigenvalue weighted by atomic mass is 32.2. The number of sulfonamides is 1. The molecule has 0 amide bonds. The molecule has 1 aliphatic heterocycles. The quantitative estimate of drug-likeness (QED) is 0.894. The maximum absolute atomic E-state index is 12.2. The Bertz CT molecular complexity index is 692. The number of hydrogen-bond acceptors (Lipinski definition) is 4. The Morgan fingerprint density at radius 1 is 1.26 bits per heavy atom. The van der Waals surface area contributed by atoms with E-state index < -0.39 is 25.9 Å². The first-order valence-electron chi connectivity index (χ1n) is 6.00. The summed E-state index contributed by atoms with van der Waals surface area (Å²) >= 11 is 0. The molecule has 1 aliphatic rings. The van der Waals surface area contributed by atoms with E-state index in [1.807, 2.05) is 6.92 Å². The van der Waals surface area contributed by atoms with E-state index in [4.69, 9.17) is 0 Å². The van der Waals surface area contributed by atoms with Crippen LogP contribution in [-0.4, -0.2) is 34.4 Å². The third-order valence-electron chi connectivity index (χ3n) is 3.17. The van der Waals surface area contributed by atoms with E-state index in [0.29, 0.717) is 12.0 Å². The number of benzene rings is 1. The SMILES string of the molecule is Cc1ccc(S(=O)(=O)N[C@H]2CCS(=O)(=O)C2)c(C)c1. The summed E-state index contributed by atoms with van der Waals surface area (Å²) in [7, 11) is -6.75. The van der Waals surface area contributed by atoms with Crippen LogP contribution in [0.5, 0.6) is 0 Å². The van der Waals surface area contributed by atoms with E-state index >= 15 is 0 Å². The number of aryl methyl sites for hydroxylation is 2. The summed E-state index contributed by atoms with van der Waals surface area (Å²) in [5.74, 6) is -0.0653. The van der Waals surface area contributed by atoms with Crippen molar-refractivity contribution in [3.63, 3.8) is 0 Å². The second-order valence-electron chi connectivity index (χ2n) is 4.99. The lowest BCUT2D eigenvalue weighted by Gasteiger charge is -2.13. The van der Waals surface area contributed by atoms with E-state index in [-0.39, 0.29) is 16.4 Å². The Morgan fingerprint density at radius 3 is 2.47 bits per heavy atom. The molecule has 0 aromatic heterocycles. The highest BCUT2D eigenvalue weighted by Crippen LogP contribution is 2.19. The molecule has 1 aromatic carbocycles. The van der Waals surface area contributed by atoms with Gasteiger partial charge in [-0.05, 0) is 31.9 Å². The monoisotopic (exact) mass is 303 g/mol. The Morgan fingerprint density at radius 2 is 1.95 bits per heavy atom. The molecule has 7 heteroatoms. The third-order valence-corrected chi connectivity index (χ3v) is 6.62. The normalized spacial score (nSPS) is 22.5.